The minimum atomic E-state index is -0.0319. The van der Waals surface area contributed by atoms with E-state index in [1.165, 1.54) is 17.3 Å². The van der Waals surface area contributed by atoms with Crippen molar-refractivity contribution in [3.8, 4) is 11.5 Å². The summed E-state index contributed by atoms with van der Waals surface area (Å²) < 4.78 is 12.0. The van der Waals surface area contributed by atoms with Crippen LogP contribution in [-0.2, 0) is 11.4 Å². The maximum atomic E-state index is 12.5. The third-order valence-corrected chi connectivity index (χ3v) is 5.66. The lowest BCUT2D eigenvalue weighted by Gasteiger charge is -2.12. The predicted octanol–water partition coefficient (Wildman–Crippen LogP) is 5.19. The highest BCUT2D eigenvalue weighted by Gasteiger charge is 2.31. The highest BCUT2D eigenvalue weighted by molar-refractivity contribution is 8.26. The number of ether oxygens (including phenoxy) is 2. The van der Waals surface area contributed by atoms with Gasteiger partial charge in [0.2, 0.25) is 0 Å². The summed E-state index contributed by atoms with van der Waals surface area (Å²) in [6.07, 6.45) is 2.72. The van der Waals surface area contributed by atoms with Gasteiger partial charge in [0.1, 0.15) is 10.9 Å². The van der Waals surface area contributed by atoms with Gasteiger partial charge in [-0.2, -0.15) is 0 Å². The second-order valence-corrected chi connectivity index (χ2v) is 8.20. The molecule has 0 spiro atoms. The minimum Gasteiger partial charge on any atom is -0.493 e. The molecule has 146 valence electrons. The van der Waals surface area contributed by atoms with E-state index in [0.717, 1.165) is 17.5 Å². The average molecular weight is 414 g/mol. The van der Waals surface area contributed by atoms with E-state index in [0.29, 0.717) is 33.9 Å². The van der Waals surface area contributed by atoms with E-state index in [2.05, 4.69) is 19.1 Å². The van der Waals surface area contributed by atoms with Crippen molar-refractivity contribution in [1.29, 1.82) is 0 Å². The monoisotopic (exact) mass is 413 g/mol. The second kappa shape index (κ2) is 9.26. The van der Waals surface area contributed by atoms with Crippen LogP contribution in [0.5, 0.6) is 11.5 Å². The van der Waals surface area contributed by atoms with Crippen molar-refractivity contribution in [2.75, 3.05) is 13.7 Å². The molecule has 1 amide bonds. The number of carbonyl (C=O) groups is 1. The molecule has 28 heavy (non-hydrogen) atoms. The molecule has 0 aromatic heterocycles. The number of nitrogens with zero attached hydrogens (tertiary/aromatic N) is 1. The Hall–Kier alpha value is -2.31. The van der Waals surface area contributed by atoms with Crippen molar-refractivity contribution < 1.29 is 14.3 Å². The van der Waals surface area contributed by atoms with Gasteiger partial charge in [0.05, 0.1) is 12.0 Å². The number of thiocarbonyl (C=S) groups is 1. The molecular weight excluding hydrogens is 390 g/mol. The summed E-state index contributed by atoms with van der Waals surface area (Å²) in [5, 5.41) is 0. The molecular formula is C22H23NO3S2. The normalized spacial score (nSPS) is 15.4. The fourth-order valence-corrected chi connectivity index (χ4v) is 4.23. The predicted molar refractivity (Wildman–Crippen MR) is 119 cm³/mol. The summed E-state index contributed by atoms with van der Waals surface area (Å²) in [7, 11) is 1.61. The first-order chi connectivity index (χ1) is 13.5. The van der Waals surface area contributed by atoms with Crippen molar-refractivity contribution >= 4 is 40.3 Å². The van der Waals surface area contributed by atoms with Crippen LogP contribution in [0, 0.1) is 6.92 Å². The molecule has 0 bridgehead atoms. The number of rotatable bonds is 7. The maximum absolute atomic E-state index is 12.5. The smallest absolute Gasteiger partial charge is 0.266 e. The number of amides is 1. The zero-order chi connectivity index (χ0) is 20.1. The van der Waals surface area contributed by atoms with Gasteiger partial charge in [-0.15, -0.1) is 0 Å². The van der Waals surface area contributed by atoms with E-state index in [-0.39, 0.29) is 5.91 Å². The summed E-state index contributed by atoms with van der Waals surface area (Å²) in [6.45, 7) is 5.20. The molecule has 0 saturated carbocycles. The Balaban J connectivity index is 1.76. The Labute approximate surface area is 175 Å². The maximum Gasteiger partial charge on any atom is 0.266 e. The van der Waals surface area contributed by atoms with Gasteiger partial charge in [-0.3, -0.25) is 9.69 Å². The SMILES string of the molecule is CCCN1C(=O)/C(=C\c2ccc(OCc3cccc(C)c3)c(OC)c2)SC1=S. The molecule has 3 rings (SSSR count). The lowest BCUT2D eigenvalue weighted by Crippen LogP contribution is -2.28. The highest BCUT2D eigenvalue weighted by Crippen LogP contribution is 2.35. The fraction of sp³-hybridized carbons (Fsp3) is 0.273. The van der Waals surface area contributed by atoms with Crippen LogP contribution in [0.1, 0.15) is 30.0 Å². The number of aryl methyl sites for hydroxylation is 1. The highest BCUT2D eigenvalue weighted by atomic mass is 32.2. The van der Waals surface area contributed by atoms with E-state index < -0.39 is 0 Å². The molecule has 1 fully saturated rings. The van der Waals surface area contributed by atoms with Crippen molar-refractivity contribution in [2.45, 2.75) is 26.9 Å². The fourth-order valence-electron chi connectivity index (χ4n) is 2.92. The number of carbonyl (C=O) groups excluding carboxylic acids is 1. The van der Waals surface area contributed by atoms with E-state index >= 15 is 0 Å². The summed E-state index contributed by atoms with van der Waals surface area (Å²) in [5.41, 5.74) is 3.17. The molecule has 2 aromatic rings. The Kier molecular flexibility index (Phi) is 6.75. The Morgan fingerprint density at radius 2 is 2.00 bits per heavy atom. The lowest BCUT2D eigenvalue weighted by atomic mass is 10.1. The lowest BCUT2D eigenvalue weighted by molar-refractivity contribution is -0.122. The molecule has 1 aliphatic rings. The largest absolute Gasteiger partial charge is 0.493 e. The van der Waals surface area contributed by atoms with Crippen molar-refractivity contribution in [2.24, 2.45) is 0 Å². The summed E-state index contributed by atoms with van der Waals surface area (Å²) >= 11 is 6.66. The number of hydrogen-bond donors (Lipinski definition) is 0. The molecule has 0 atom stereocenters. The van der Waals surface area contributed by atoms with Gasteiger partial charge in [0, 0.05) is 6.54 Å². The number of methoxy groups -OCH3 is 1. The third kappa shape index (κ3) is 4.75. The van der Waals surface area contributed by atoms with Crippen molar-refractivity contribution in [1.82, 2.24) is 4.90 Å². The van der Waals surface area contributed by atoms with Gasteiger partial charge >= 0.3 is 0 Å². The molecule has 1 aliphatic heterocycles. The van der Waals surface area contributed by atoms with Crippen LogP contribution in [0.2, 0.25) is 0 Å². The molecule has 0 unspecified atom stereocenters. The Morgan fingerprint density at radius 3 is 2.71 bits per heavy atom. The first kappa shape index (κ1) is 20.4. The molecule has 0 aliphatic carbocycles. The van der Waals surface area contributed by atoms with Gasteiger partial charge in [0.25, 0.3) is 5.91 Å². The topological polar surface area (TPSA) is 38.8 Å². The Bertz CT molecular complexity index is 924. The van der Waals surface area contributed by atoms with Crippen LogP contribution in [0.3, 0.4) is 0 Å². The summed E-state index contributed by atoms with van der Waals surface area (Å²) in [4.78, 5) is 14.8. The zero-order valence-electron chi connectivity index (χ0n) is 16.2. The van der Waals surface area contributed by atoms with Gasteiger partial charge in [-0.25, -0.2) is 0 Å². The zero-order valence-corrected chi connectivity index (χ0v) is 17.9. The van der Waals surface area contributed by atoms with Crippen LogP contribution < -0.4 is 9.47 Å². The van der Waals surface area contributed by atoms with Gasteiger partial charge in [-0.1, -0.05) is 66.8 Å². The molecule has 1 heterocycles. The van der Waals surface area contributed by atoms with Crippen LogP contribution in [0.4, 0.5) is 0 Å². The molecule has 0 N–H and O–H groups in total. The first-order valence-electron chi connectivity index (χ1n) is 9.13. The third-order valence-electron chi connectivity index (χ3n) is 4.28. The molecule has 6 heteroatoms. The van der Waals surface area contributed by atoms with Gasteiger partial charge in [0.15, 0.2) is 11.5 Å². The number of benzene rings is 2. The van der Waals surface area contributed by atoms with E-state index in [9.17, 15) is 4.79 Å². The average Bonchev–Trinajstić information content (AvgIpc) is 2.94. The molecule has 1 saturated heterocycles. The quantitative estimate of drug-likeness (QED) is 0.461. The Morgan fingerprint density at radius 1 is 1.18 bits per heavy atom. The molecule has 0 radical (unpaired) electrons. The summed E-state index contributed by atoms with van der Waals surface area (Å²) in [6, 6.07) is 13.9. The van der Waals surface area contributed by atoms with E-state index in [1.54, 1.807) is 12.0 Å². The molecule has 4 nitrogen and oxygen atoms in total. The van der Waals surface area contributed by atoms with E-state index in [1.807, 2.05) is 43.3 Å². The molecule has 2 aromatic carbocycles. The van der Waals surface area contributed by atoms with Gasteiger partial charge in [-0.05, 0) is 42.7 Å². The van der Waals surface area contributed by atoms with Crippen molar-refractivity contribution in [3.05, 3.63) is 64.1 Å². The standard InChI is InChI=1S/C22H23NO3S2/c1-4-10-23-21(24)20(28-22(23)27)13-16-8-9-18(19(12-16)25-3)26-14-17-7-5-6-15(2)11-17/h5-9,11-13H,4,10,14H2,1-3H3/b20-13+. The van der Waals surface area contributed by atoms with Gasteiger partial charge < -0.3 is 9.47 Å². The number of thioether (sulfide) groups is 1. The summed E-state index contributed by atoms with van der Waals surface area (Å²) in [5.74, 6) is 1.26. The van der Waals surface area contributed by atoms with Crippen LogP contribution >= 0.6 is 24.0 Å². The van der Waals surface area contributed by atoms with Crippen LogP contribution in [0.15, 0.2) is 47.4 Å². The first-order valence-corrected chi connectivity index (χ1v) is 10.4. The minimum absolute atomic E-state index is 0.0319. The second-order valence-electron chi connectivity index (χ2n) is 6.52. The number of hydrogen-bond acceptors (Lipinski definition) is 5. The van der Waals surface area contributed by atoms with Crippen LogP contribution in [-0.4, -0.2) is 28.8 Å². The van der Waals surface area contributed by atoms with E-state index in [4.69, 9.17) is 21.7 Å². The van der Waals surface area contributed by atoms with Crippen LogP contribution in [0.25, 0.3) is 6.08 Å². The van der Waals surface area contributed by atoms with Crippen molar-refractivity contribution in [3.63, 3.8) is 0 Å².